The average molecular weight is 408 g/mol. The number of likely N-dealkylation sites (N-methyl/N-ethyl adjacent to an activating group) is 1. The minimum Gasteiger partial charge on any atom is -0.336 e. The number of likely N-dealkylation sites (tertiary alicyclic amines) is 1. The van der Waals surface area contributed by atoms with Crippen LogP contribution in [0.15, 0.2) is 16.3 Å². The second-order valence-electron chi connectivity index (χ2n) is 6.46. The van der Waals surface area contributed by atoms with Crippen molar-refractivity contribution in [2.24, 2.45) is 0 Å². The number of amides is 1. The van der Waals surface area contributed by atoms with Crippen molar-refractivity contribution in [2.75, 3.05) is 33.2 Å². The monoisotopic (exact) mass is 407 g/mol. The Bertz CT molecular complexity index is 687. The molecule has 9 heteroatoms. The van der Waals surface area contributed by atoms with Gasteiger partial charge in [0.05, 0.1) is 0 Å². The third kappa shape index (κ3) is 4.36. The van der Waals surface area contributed by atoms with E-state index in [-0.39, 0.29) is 29.3 Å². The standard InChI is InChI=1S/C16H25N3O3S2.ClH/c1-17-13-6-5-8-18(12-13)16(20)15-14(7-11-23-15)24(21,22)19-9-3-2-4-10-19;/h7,11,13,17H,2-6,8-10,12H2,1H3;1H. The Kier molecular flexibility index (Phi) is 7.28. The van der Waals surface area contributed by atoms with Gasteiger partial charge in [0.1, 0.15) is 9.77 Å². The van der Waals surface area contributed by atoms with E-state index in [2.05, 4.69) is 5.32 Å². The first-order chi connectivity index (χ1) is 11.5. The third-order valence-electron chi connectivity index (χ3n) is 4.87. The first kappa shape index (κ1) is 20.6. The molecule has 2 saturated heterocycles. The van der Waals surface area contributed by atoms with Crippen molar-refractivity contribution in [3.63, 3.8) is 0 Å². The molecule has 1 atom stereocenters. The Morgan fingerprint density at radius 3 is 2.60 bits per heavy atom. The molecule has 0 radical (unpaired) electrons. The van der Waals surface area contributed by atoms with E-state index in [0.29, 0.717) is 31.1 Å². The second kappa shape index (κ2) is 8.81. The molecule has 1 aromatic heterocycles. The van der Waals surface area contributed by atoms with E-state index < -0.39 is 10.0 Å². The first-order valence-electron chi connectivity index (χ1n) is 8.58. The molecule has 0 aromatic carbocycles. The number of carbonyl (C=O) groups excluding carboxylic acids is 1. The number of halogens is 1. The van der Waals surface area contributed by atoms with Crippen molar-refractivity contribution in [1.82, 2.24) is 14.5 Å². The summed E-state index contributed by atoms with van der Waals surface area (Å²) in [7, 11) is -1.67. The number of nitrogens with one attached hydrogen (secondary N) is 1. The van der Waals surface area contributed by atoms with Crippen LogP contribution in [0.2, 0.25) is 0 Å². The van der Waals surface area contributed by atoms with E-state index in [1.165, 1.54) is 15.6 Å². The molecule has 3 heterocycles. The van der Waals surface area contributed by atoms with Gasteiger partial charge in [0, 0.05) is 32.2 Å². The Balaban J connectivity index is 0.00000225. The molecule has 1 N–H and O–H groups in total. The molecule has 142 valence electrons. The number of sulfonamides is 1. The molecule has 0 bridgehead atoms. The van der Waals surface area contributed by atoms with Gasteiger partial charge in [0.15, 0.2) is 0 Å². The smallest absolute Gasteiger partial charge is 0.265 e. The zero-order valence-electron chi connectivity index (χ0n) is 14.4. The van der Waals surface area contributed by atoms with Gasteiger partial charge in [-0.3, -0.25) is 4.79 Å². The topological polar surface area (TPSA) is 69.7 Å². The second-order valence-corrected chi connectivity index (χ2v) is 9.28. The van der Waals surface area contributed by atoms with E-state index in [0.717, 1.165) is 32.1 Å². The fraction of sp³-hybridized carbons (Fsp3) is 0.688. The van der Waals surface area contributed by atoms with Crippen LogP contribution in [0.5, 0.6) is 0 Å². The summed E-state index contributed by atoms with van der Waals surface area (Å²) in [6.07, 6.45) is 4.84. The van der Waals surface area contributed by atoms with Crippen LogP contribution in [0.25, 0.3) is 0 Å². The molecule has 0 aliphatic carbocycles. The maximum absolute atomic E-state index is 12.9. The fourth-order valence-corrected chi connectivity index (χ4v) is 6.32. The molecule has 2 aliphatic rings. The maximum Gasteiger partial charge on any atom is 0.265 e. The predicted octanol–water partition coefficient (Wildman–Crippen LogP) is 2.17. The molecule has 1 unspecified atom stereocenters. The fourth-order valence-electron chi connectivity index (χ4n) is 3.44. The lowest BCUT2D eigenvalue weighted by Crippen LogP contribution is -2.47. The number of rotatable bonds is 4. The third-order valence-corrected chi connectivity index (χ3v) is 7.85. The van der Waals surface area contributed by atoms with Gasteiger partial charge >= 0.3 is 0 Å². The van der Waals surface area contributed by atoms with E-state index in [4.69, 9.17) is 0 Å². The summed E-state index contributed by atoms with van der Waals surface area (Å²) < 4.78 is 27.4. The lowest BCUT2D eigenvalue weighted by molar-refractivity contribution is 0.0699. The minimum atomic E-state index is -3.57. The van der Waals surface area contributed by atoms with Crippen molar-refractivity contribution in [3.05, 3.63) is 16.3 Å². The Morgan fingerprint density at radius 1 is 1.20 bits per heavy atom. The summed E-state index contributed by atoms with van der Waals surface area (Å²) in [6.45, 7) is 2.43. The van der Waals surface area contributed by atoms with Crippen LogP contribution in [0.4, 0.5) is 0 Å². The molecule has 2 fully saturated rings. The Morgan fingerprint density at radius 2 is 1.92 bits per heavy atom. The zero-order chi connectivity index (χ0) is 17.2. The van der Waals surface area contributed by atoms with Crippen LogP contribution in [-0.2, 0) is 10.0 Å². The lowest BCUT2D eigenvalue weighted by atomic mass is 10.1. The SMILES string of the molecule is CNC1CCCN(C(=O)c2sccc2S(=O)(=O)N2CCCCC2)C1.Cl. The number of hydrogen-bond acceptors (Lipinski definition) is 5. The van der Waals surface area contributed by atoms with Gasteiger partial charge in [0.25, 0.3) is 5.91 Å². The maximum atomic E-state index is 12.9. The molecule has 2 aliphatic heterocycles. The highest BCUT2D eigenvalue weighted by Crippen LogP contribution is 2.29. The molecule has 0 spiro atoms. The highest BCUT2D eigenvalue weighted by atomic mass is 35.5. The number of piperidine rings is 2. The summed E-state index contributed by atoms with van der Waals surface area (Å²) in [4.78, 5) is 15.2. The van der Waals surface area contributed by atoms with Crippen LogP contribution in [0.1, 0.15) is 41.8 Å². The Labute approximate surface area is 160 Å². The van der Waals surface area contributed by atoms with Crippen LogP contribution < -0.4 is 5.32 Å². The van der Waals surface area contributed by atoms with Gasteiger partial charge in [-0.05, 0) is 44.2 Å². The van der Waals surface area contributed by atoms with Crippen molar-refractivity contribution < 1.29 is 13.2 Å². The number of carbonyl (C=O) groups is 1. The van der Waals surface area contributed by atoms with Crippen LogP contribution in [0, 0.1) is 0 Å². The normalized spacial score (nSPS) is 22.4. The van der Waals surface area contributed by atoms with Crippen LogP contribution >= 0.6 is 23.7 Å². The summed E-state index contributed by atoms with van der Waals surface area (Å²) in [5.41, 5.74) is 0. The van der Waals surface area contributed by atoms with E-state index in [9.17, 15) is 13.2 Å². The molecule has 1 aromatic rings. The van der Waals surface area contributed by atoms with Crippen molar-refractivity contribution in [3.8, 4) is 0 Å². The highest BCUT2D eigenvalue weighted by Gasteiger charge is 2.33. The van der Waals surface area contributed by atoms with Gasteiger partial charge in [-0.2, -0.15) is 4.31 Å². The van der Waals surface area contributed by atoms with Gasteiger partial charge in [-0.25, -0.2) is 8.42 Å². The van der Waals surface area contributed by atoms with E-state index in [1.54, 1.807) is 16.3 Å². The number of hydrogen-bond donors (Lipinski definition) is 1. The Hall–Kier alpha value is -0.670. The molecule has 3 rings (SSSR count). The molecule has 0 saturated carbocycles. The number of nitrogens with zero attached hydrogens (tertiary/aromatic N) is 2. The van der Waals surface area contributed by atoms with Gasteiger partial charge in [-0.1, -0.05) is 6.42 Å². The highest BCUT2D eigenvalue weighted by molar-refractivity contribution is 7.89. The van der Waals surface area contributed by atoms with Crippen molar-refractivity contribution in [2.45, 2.75) is 43.0 Å². The average Bonchev–Trinajstić information content (AvgIpc) is 3.12. The lowest BCUT2D eigenvalue weighted by Gasteiger charge is -2.32. The van der Waals surface area contributed by atoms with Crippen molar-refractivity contribution in [1.29, 1.82) is 0 Å². The van der Waals surface area contributed by atoms with Gasteiger partial charge in [-0.15, -0.1) is 23.7 Å². The largest absolute Gasteiger partial charge is 0.336 e. The van der Waals surface area contributed by atoms with Crippen LogP contribution in [-0.4, -0.2) is 62.8 Å². The summed E-state index contributed by atoms with van der Waals surface area (Å²) in [5.74, 6) is -0.152. The van der Waals surface area contributed by atoms with Crippen molar-refractivity contribution >= 4 is 39.7 Å². The van der Waals surface area contributed by atoms with Gasteiger partial charge < -0.3 is 10.2 Å². The molecular formula is C16H26ClN3O3S2. The van der Waals surface area contributed by atoms with Gasteiger partial charge in [0.2, 0.25) is 10.0 Å². The van der Waals surface area contributed by atoms with Crippen LogP contribution in [0.3, 0.4) is 0 Å². The molecule has 25 heavy (non-hydrogen) atoms. The summed E-state index contributed by atoms with van der Waals surface area (Å²) >= 11 is 1.23. The van der Waals surface area contributed by atoms with E-state index >= 15 is 0 Å². The quantitative estimate of drug-likeness (QED) is 0.830. The predicted molar refractivity (Wildman–Crippen MR) is 102 cm³/mol. The molecular weight excluding hydrogens is 382 g/mol. The number of thiophene rings is 1. The summed E-state index contributed by atoms with van der Waals surface area (Å²) in [5, 5.41) is 4.93. The summed E-state index contributed by atoms with van der Waals surface area (Å²) in [6, 6.07) is 1.87. The van der Waals surface area contributed by atoms with E-state index in [1.807, 2.05) is 7.05 Å². The first-order valence-corrected chi connectivity index (χ1v) is 10.9. The molecule has 6 nitrogen and oxygen atoms in total. The minimum absolute atomic E-state index is 0. The zero-order valence-corrected chi connectivity index (χ0v) is 16.9. The molecule has 1 amide bonds.